The molecule has 0 aromatic carbocycles. The highest BCUT2D eigenvalue weighted by molar-refractivity contribution is 5.80. The van der Waals surface area contributed by atoms with Crippen LogP contribution in [0.25, 0.3) is 0 Å². The number of aromatic nitrogens is 2. The lowest BCUT2D eigenvalue weighted by molar-refractivity contribution is -0.144. The van der Waals surface area contributed by atoms with E-state index < -0.39 is 79.1 Å². The predicted molar refractivity (Wildman–Crippen MR) is 140 cm³/mol. The average molecular weight is 600 g/mol. The van der Waals surface area contributed by atoms with Gasteiger partial charge in [-0.3, -0.25) is 28.8 Å². The Morgan fingerprint density at radius 1 is 0.732 bits per heavy atom. The third-order valence-electron chi connectivity index (χ3n) is 3.92. The van der Waals surface area contributed by atoms with Gasteiger partial charge in [0.05, 0.1) is 25.0 Å². The molecule has 1 aromatic rings. The summed E-state index contributed by atoms with van der Waals surface area (Å²) in [6.45, 7) is 4.47. The number of hydrogen-bond donors (Lipinski definition) is 13. The number of H-pyrrole nitrogens is 1. The van der Waals surface area contributed by atoms with Crippen molar-refractivity contribution in [2.75, 3.05) is 6.61 Å². The number of aromatic amines is 1. The van der Waals surface area contributed by atoms with Crippen molar-refractivity contribution < 1.29 is 64.5 Å². The van der Waals surface area contributed by atoms with Gasteiger partial charge in [-0.1, -0.05) is 13.8 Å². The molecule has 18 N–H and O–H groups in total. The first-order valence-electron chi connectivity index (χ1n) is 11.3. The number of aliphatic carboxylic acids is 6. The van der Waals surface area contributed by atoms with Crippen LogP contribution in [0, 0.1) is 5.92 Å². The van der Waals surface area contributed by atoms with Crippen LogP contribution in [0.15, 0.2) is 12.5 Å². The minimum Gasteiger partial charge on any atom is -0.481 e. The van der Waals surface area contributed by atoms with E-state index in [0.29, 0.717) is 5.69 Å². The van der Waals surface area contributed by atoms with Gasteiger partial charge in [0.1, 0.15) is 30.2 Å². The number of carboxylic acid groups (broad SMARTS) is 6. The van der Waals surface area contributed by atoms with E-state index in [0.717, 1.165) is 0 Å². The highest BCUT2D eigenvalue weighted by Gasteiger charge is 2.15. The van der Waals surface area contributed by atoms with Crippen molar-refractivity contribution in [2.24, 2.45) is 34.6 Å². The topological polar surface area (TPSA) is 403 Å². The molecule has 20 heteroatoms. The van der Waals surface area contributed by atoms with Crippen LogP contribution in [0.3, 0.4) is 0 Å². The summed E-state index contributed by atoms with van der Waals surface area (Å²) in [6, 6.07) is -4.72. The summed E-state index contributed by atoms with van der Waals surface area (Å²) in [4.78, 5) is 65.7. The van der Waals surface area contributed by atoms with E-state index >= 15 is 0 Å². The molecule has 0 unspecified atom stereocenters. The Morgan fingerprint density at radius 3 is 1.29 bits per heavy atom. The number of aliphatic hydroxyl groups excluding tert-OH is 1. The van der Waals surface area contributed by atoms with Crippen LogP contribution in [-0.2, 0) is 35.2 Å². The smallest absolute Gasteiger partial charge is 0.322 e. The summed E-state index contributed by atoms with van der Waals surface area (Å²) in [7, 11) is 0. The molecule has 0 aliphatic carbocycles. The Labute approximate surface area is 234 Å². The van der Waals surface area contributed by atoms with Crippen molar-refractivity contribution >= 4 is 35.8 Å². The van der Waals surface area contributed by atoms with Crippen molar-refractivity contribution in [1.29, 1.82) is 0 Å². The van der Waals surface area contributed by atoms with E-state index in [4.69, 9.17) is 64.4 Å². The average Bonchev–Trinajstić information content (AvgIpc) is 3.36. The molecule has 1 heterocycles. The van der Waals surface area contributed by atoms with Gasteiger partial charge < -0.3 is 69.4 Å². The van der Waals surface area contributed by atoms with Gasteiger partial charge in [0.2, 0.25) is 0 Å². The molecule has 5 atom stereocenters. The number of hydrogen-bond acceptors (Lipinski definition) is 13. The normalized spacial score (nSPS) is 13.2. The SMILES string of the molecule is CC(C)[C@H](N)C(=O)O.C[C@H](N)C(=O)O.N[C@@H](CC(=O)O)C(=O)O.N[C@@H](CO)C(=O)O.N[C@@H](Cc1c[nH]cn1)C(=O)O. The quantitative estimate of drug-likeness (QED) is 0.115. The van der Waals surface area contributed by atoms with Gasteiger partial charge in [0, 0.05) is 12.6 Å². The molecule has 238 valence electrons. The largest absolute Gasteiger partial charge is 0.481 e. The van der Waals surface area contributed by atoms with Gasteiger partial charge >= 0.3 is 35.8 Å². The third-order valence-corrected chi connectivity index (χ3v) is 3.92. The second-order valence-corrected chi connectivity index (χ2v) is 8.11. The van der Waals surface area contributed by atoms with E-state index in [-0.39, 0.29) is 12.3 Å². The number of aliphatic hydroxyl groups is 1. The monoisotopic (exact) mass is 599 g/mol. The number of nitrogens with one attached hydrogen (secondary N) is 1. The number of nitrogens with zero attached hydrogens (tertiary/aromatic N) is 1. The lowest BCUT2D eigenvalue weighted by Gasteiger charge is -2.07. The zero-order valence-corrected chi connectivity index (χ0v) is 22.7. The molecule has 0 aliphatic rings. The third kappa shape index (κ3) is 30.2. The first kappa shape index (κ1) is 43.8. The molecular formula is C21H41N7O13. The van der Waals surface area contributed by atoms with Crippen molar-refractivity contribution in [3.63, 3.8) is 0 Å². The van der Waals surface area contributed by atoms with Crippen LogP contribution >= 0.6 is 0 Å². The summed E-state index contributed by atoms with van der Waals surface area (Å²) in [6.07, 6.45) is 2.85. The molecule has 0 fully saturated rings. The summed E-state index contributed by atoms with van der Waals surface area (Å²) in [5, 5.41) is 56.4. The molecule has 1 rings (SSSR count). The predicted octanol–water partition coefficient (Wildman–Crippen LogP) is -3.90. The zero-order valence-electron chi connectivity index (χ0n) is 22.7. The van der Waals surface area contributed by atoms with Crippen LogP contribution < -0.4 is 28.7 Å². The number of nitrogens with two attached hydrogens (primary N) is 5. The summed E-state index contributed by atoms with van der Waals surface area (Å²) < 4.78 is 0. The molecule has 0 radical (unpaired) electrons. The first-order chi connectivity index (χ1) is 18.6. The fourth-order valence-corrected chi connectivity index (χ4v) is 1.35. The van der Waals surface area contributed by atoms with Gasteiger partial charge in [0.15, 0.2) is 0 Å². The molecule has 0 bridgehead atoms. The van der Waals surface area contributed by atoms with Crippen LogP contribution in [0.2, 0.25) is 0 Å². The second kappa shape index (κ2) is 24.8. The van der Waals surface area contributed by atoms with E-state index in [9.17, 15) is 28.8 Å². The zero-order chi connectivity index (χ0) is 33.5. The van der Waals surface area contributed by atoms with E-state index in [1.54, 1.807) is 20.0 Å². The van der Waals surface area contributed by atoms with E-state index in [2.05, 4.69) is 9.97 Å². The fraction of sp³-hybridized carbons (Fsp3) is 0.571. The highest BCUT2D eigenvalue weighted by atomic mass is 16.4. The van der Waals surface area contributed by atoms with Crippen LogP contribution in [0.5, 0.6) is 0 Å². The number of carboxylic acids is 6. The fourth-order valence-electron chi connectivity index (χ4n) is 1.35. The Morgan fingerprint density at radius 2 is 1.15 bits per heavy atom. The molecule has 0 saturated carbocycles. The number of imidazole rings is 1. The van der Waals surface area contributed by atoms with Gasteiger partial charge in [-0.25, -0.2) is 4.98 Å². The second-order valence-electron chi connectivity index (χ2n) is 8.11. The van der Waals surface area contributed by atoms with E-state index in [1.165, 1.54) is 13.3 Å². The van der Waals surface area contributed by atoms with E-state index in [1.807, 2.05) is 0 Å². The maximum Gasteiger partial charge on any atom is 0.322 e. The minimum absolute atomic E-state index is 0.0208. The summed E-state index contributed by atoms with van der Waals surface area (Å²) in [5.41, 5.74) is 25.5. The maximum atomic E-state index is 10.3. The van der Waals surface area contributed by atoms with Gasteiger partial charge in [-0.05, 0) is 12.8 Å². The van der Waals surface area contributed by atoms with Crippen molar-refractivity contribution in [1.82, 2.24) is 9.97 Å². The molecule has 0 aliphatic heterocycles. The molecular weight excluding hydrogens is 558 g/mol. The lowest BCUT2D eigenvalue weighted by atomic mass is 10.1. The van der Waals surface area contributed by atoms with Crippen LogP contribution in [0.4, 0.5) is 0 Å². The Hall–Kier alpha value is -4.21. The summed E-state index contributed by atoms with van der Waals surface area (Å²) in [5.74, 6) is -6.56. The van der Waals surface area contributed by atoms with Crippen molar-refractivity contribution in [2.45, 2.75) is 63.8 Å². The Bertz CT molecular complexity index is 912. The van der Waals surface area contributed by atoms with Crippen molar-refractivity contribution in [3.8, 4) is 0 Å². The highest BCUT2D eigenvalue weighted by Crippen LogP contribution is 1.96. The first-order valence-corrected chi connectivity index (χ1v) is 11.3. The minimum atomic E-state index is -1.29. The van der Waals surface area contributed by atoms with Crippen molar-refractivity contribution in [3.05, 3.63) is 18.2 Å². The number of carbonyl (C=O) groups is 6. The van der Waals surface area contributed by atoms with Crippen LogP contribution in [0.1, 0.15) is 32.9 Å². The van der Waals surface area contributed by atoms with Gasteiger partial charge in [0.25, 0.3) is 0 Å². The Balaban J connectivity index is -0.000000212. The Kier molecular flexibility index (Phi) is 26.5. The maximum absolute atomic E-state index is 10.3. The standard InChI is InChI=1S/C6H9N3O2.C5H11NO2.C4H7NO4.C3H7NO3.C3H7NO2/c7-5(6(10)11)1-4-2-8-3-9-4;1-3(2)4(6)5(7)8;5-2(4(8)9)1-3(6)7;4-2(1-5)3(6)7;1-2(4)3(5)6/h2-3,5H,1,7H2,(H,8,9)(H,10,11);3-4H,6H2,1-2H3,(H,7,8);2H,1,5H2,(H,6,7)(H,8,9);2,5H,1,4H2,(H,6,7);2H,4H2,1H3,(H,5,6)/t5-;4-;3*2-/m00000/s1. The molecule has 1 aromatic heterocycles. The van der Waals surface area contributed by atoms with Gasteiger partial charge in [-0.15, -0.1) is 0 Å². The molecule has 0 spiro atoms. The number of rotatable bonds is 11. The van der Waals surface area contributed by atoms with Crippen LogP contribution in [-0.4, -0.2) is 118 Å². The molecule has 0 saturated heterocycles. The lowest BCUT2D eigenvalue weighted by Crippen LogP contribution is -2.34. The molecule has 0 amide bonds. The molecule has 41 heavy (non-hydrogen) atoms. The summed E-state index contributed by atoms with van der Waals surface area (Å²) >= 11 is 0. The molecule has 20 nitrogen and oxygen atoms in total. The van der Waals surface area contributed by atoms with Gasteiger partial charge in [-0.2, -0.15) is 0 Å².